The first-order valence-corrected chi connectivity index (χ1v) is 14.6. The minimum atomic E-state index is -3.74. The number of rotatable bonds is 5. The van der Waals surface area contributed by atoms with Crippen molar-refractivity contribution in [2.75, 3.05) is 25.5 Å². The Hall–Kier alpha value is -3.28. The smallest absolute Gasteiger partial charge is 0.410 e. The van der Waals surface area contributed by atoms with Gasteiger partial charge < -0.3 is 19.7 Å². The third-order valence-corrected chi connectivity index (χ3v) is 8.51. The summed E-state index contributed by atoms with van der Waals surface area (Å²) in [5.41, 5.74) is 5.10. The SMILES string of the molecule is CN(C[C@H]1COc2c(S(=N)(=O)NC(=O)Nc3c4c(cc5c3CCC5)CCC4)cnn2C1)C(=O)OC(C)(C)C. The van der Waals surface area contributed by atoms with Gasteiger partial charge in [-0.2, -0.15) is 5.10 Å². The molecule has 0 radical (unpaired) electrons. The molecule has 206 valence electrons. The van der Waals surface area contributed by atoms with Gasteiger partial charge in [-0.1, -0.05) is 6.07 Å². The first-order chi connectivity index (χ1) is 17.9. The molecule has 1 aromatic carbocycles. The topological polar surface area (TPSA) is 139 Å². The number of nitrogens with one attached hydrogen (secondary N) is 3. The average molecular weight is 545 g/mol. The quantitative estimate of drug-likeness (QED) is 0.522. The lowest BCUT2D eigenvalue weighted by molar-refractivity contribution is 0.0232. The zero-order chi connectivity index (χ0) is 27.2. The van der Waals surface area contributed by atoms with Crippen molar-refractivity contribution in [1.29, 1.82) is 4.78 Å². The monoisotopic (exact) mass is 544 g/mol. The van der Waals surface area contributed by atoms with Crippen LogP contribution < -0.4 is 14.8 Å². The van der Waals surface area contributed by atoms with Crippen LogP contribution in [0.5, 0.6) is 5.88 Å². The summed E-state index contributed by atoms with van der Waals surface area (Å²) in [4.78, 5) is 26.8. The maximum Gasteiger partial charge on any atom is 0.410 e. The molecule has 0 spiro atoms. The molecule has 2 aromatic rings. The van der Waals surface area contributed by atoms with Crippen LogP contribution in [0.3, 0.4) is 0 Å². The zero-order valence-corrected chi connectivity index (χ0v) is 23.2. The molecule has 12 heteroatoms. The van der Waals surface area contributed by atoms with Crippen molar-refractivity contribution in [3.63, 3.8) is 0 Å². The molecule has 1 aromatic heterocycles. The molecule has 1 unspecified atom stereocenters. The predicted octanol–water partition coefficient (Wildman–Crippen LogP) is 3.88. The molecular weight excluding hydrogens is 508 g/mol. The number of hydrogen-bond acceptors (Lipinski definition) is 7. The minimum Gasteiger partial charge on any atom is -0.476 e. The number of aromatic nitrogens is 2. The molecule has 38 heavy (non-hydrogen) atoms. The maximum absolute atomic E-state index is 13.4. The van der Waals surface area contributed by atoms with Crippen molar-refractivity contribution in [3.05, 3.63) is 34.5 Å². The molecule has 5 rings (SSSR count). The number of amides is 3. The van der Waals surface area contributed by atoms with Crippen LogP contribution in [0.25, 0.3) is 0 Å². The number of carbonyl (C=O) groups is 2. The average Bonchev–Trinajstić information content (AvgIpc) is 3.56. The Morgan fingerprint density at radius 2 is 1.87 bits per heavy atom. The molecule has 3 N–H and O–H groups in total. The molecule has 2 atom stereocenters. The van der Waals surface area contributed by atoms with Gasteiger partial charge >= 0.3 is 12.1 Å². The highest BCUT2D eigenvalue weighted by Crippen LogP contribution is 2.38. The molecule has 0 bridgehead atoms. The molecule has 3 aliphatic rings. The third kappa shape index (κ3) is 5.31. The third-order valence-electron chi connectivity index (χ3n) is 7.14. The van der Waals surface area contributed by atoms with E-state index in [0.29, 0.717) is 13.1 Å². The van der Waals surface area contributed by atoms with Crippen molar-refractivity contribution < 1.29 is 23.3 Å². The number of fused-ring (bicyclic) bond motifs is 3. The largest absolute Gasteiger partial charge is 0.476 e. The lowest BCUT2D eigenvalue weighted by atomic mass is 9.99. The van der Waals surface area contributed by atoms with Gasteiger partial charge in [-0.25, -0.2) is 28.0 Å². The van der Waals surface area contributed by atoms with Crippen LogP contribution in [-0.2, 0) is 46.9 Å². The fourth-order valence-electron chi connectivity index (χ4n) is 5.53. The van der Waals surface area contributed by atoms with E-state index in [1.165, 1.54) is 26.9 Å². The summed E-state index contributed by atoms with van der Waals surface area (Å²) in [6.07, 6.45) is 6.81. The van der Waals surface area contributed by atoms with Gasteiger partial charge in [0.2, 0.25) is 5.88 Å². The Balaban J connectivity index is 1.25. The van der Waals surface area contributed by atoms with E-state index in [-0.39, 0.29) is 23.3 Å². The summed E-state index contributed by atoms with van der Waals surface area (Å²) < 4.78 is 37.0. The number of carbonyl (C=O) groups excluding carboxylic acids is 2. The second kappa shape index (κ2) is 9.79. The van der Waals surface area contributed by atoms with Gasteiger partial charge in [0.1, 0.15) is 10.5 Å². The van der Waals surface area contributed by atoms with Crippen LogP contribution in [0.4, 0.5) is 15.3 Å². The Morgan fingerprint density at radius 1 is 1.21 bits per heavy atom. The second-order valence-corrected chi connectivity index (χ2v) is 13.1. The Kier molecular flexibility index (Phi) is 6.79. The summed E-state index contributed by atoms with van der Waals surface area (Å²) >= 11 is 0. The molecule has 0 saturated heterocycles. The first kappa shape index (κ1) is 26.3. The van der Waals surface area contributed by atoms with Crippen LogP contribution in [-0.4, -0.2) is 56.8 Å². The van der Waals surface area contributed by atoms with Gasteiger partial charge in [0.15, 0.2) is 9.92 Å². The van der Waals surface area contributed by atoms with Crippen LogP contribution in [0.2, 0.25) is 0 Å². The van der Waals surface area contributed by atoms with Crippen molar-refractivity contribution in [3.8, 4) is 5.88 Å². The van der Waals surface area contributed by atoms with E-state index in [0.717, 1.165) is 55.3 Å². The van der Waals surface area contributed by atoms with Crippen molar-refractivity contribution in [2.24, 2.45) is 5.92 Å². The predicted molar refractivity (Wildman–Crippen MR) is 142 cm³/mol. The number of ether oxygens (including phenoxy) is 2. The van der Waals surface area contributed by atoms with E-state index in [4.69, 9.17) is 14.3 Å². The van der Waals surface area contributed by atoms with E-state index in [1.54, 1.807) is 7.05 Å². The lowest BCUT2D eigenvalue weighted by Gasteiger charge is -2.30. The number of anilines is 1. The summed E-state index contributed by atoms with van der Waals surface area (Å²) in [7, 11) is -2.07. The maximum atomic E-state index is 13.4. The van der Waals surface area contributed by atoms with Gasteiger partial charge in [0.25, 0.3) is 0 Å². The van der Waals surface area contributed by atoms with E-state index in [1.807, 2.05) is 20.8 Å². The lowest BCUT2D eigenvalue weighted by Crippen LogP contribution is -2.41. The van der Waals surface area contributed by atoms with Crippen LogP contribution in [0, 0.1) is 10.7 Å². The molecule has 2 aliphatic carbocycles. The fraction of sp³-hybridized carbons (Fsp3) is 0.577. The Morgan fingerprint density at radius 3 is 2.50 bits per heavy atom. The number of nitrogens with zero attached hydrogens (tertiary/aromatic N) is 3. The number of hydrogen-bond donors (Lipinski definition) is 3. The normalized spacial score (nSPS) is 19.4. The minimum absolute atomic E-state index is 0.0233. The van der Waals surface area contributed by atoms with Gasteiger partial charge in [0.05, 0.1) is 19.3 Å². The Labute approximate surface area is 223 Å². The van der Waals surface area contributed by atoms with E-state index >= 15 is 0 Å². The van der Waals surface area contributed by atoms with Gasteiger partial charge in [-0.15, -0.1) is 0 Å². The van der Waals surface area contributed by atoms with Gasteiger partial charge in [-0.05, 0) is 81.5 Å². The molecule has 2 heterocycles. The van der Waals surface area contributed by atoms with Crippen LogP contribution in [0.1, 0.15) is 55.9 Å². The number of benzene rings is 1. The van der Waals surface area contributed by atoms with Crippen molar-refractivity contribution >= 4 is 27.7 Å². The second-order valence-electron chi connectivity index (χ2n) is 11.4. The molecule has 1 aliphatic heterocycles. The molecule has 3 amide bonds. The molecule has 0 saturated carbocycles. The highest BCUT2D eigenvalue weighted by Gasteiger charge is 2.32. The van der Waals surface area contributed by atoms with E-state index < -0.39 is 27.6 Å². The van der Waals surface area contributed by atoms with Crippen molar-refractivity contribution in [2.45, 2.75) is 76.3 Å². The van der Waals surface area contributed by atoms with Crippen LogP contribution in [0.15, 0.2) is 17.2 Å². The zero-order valence-electron chi connectivity index (χ0n) is 22.4. The Bertz CT molecular complexity index is 1350. The molecule has 0 fully saturated rings. The molecule has 11 nitrogen and oxygen atoms in total. The number of aryl methyl sites for hydroxylation is 2. The molecular formula is C26H36N6O5S. The highest BCUT2D eigenvalue weighted by molar-refractivity contribution is 7.91. The summed E-state index contributed by atoms with van der Waals surface area (Å²) in [5, 5.41) is 7.19. The fourth-order valence-corrected chi connectivity index (χ4v) is 6.56. The van der Waals surface area contributed by atoms with E-state index in [2.05, 4.69) is 21.2 Å². The van der Waals surface area contributed by atoms with Crippen molar-refractivity contribution in [1.82, 2.24) is 19.4 Å². The summed E-state index contributed by atoms with van der Waals surface area (Å²) in [6, 6.07) is 1.60. The standard InChI is InChI=1S/C26H36N6O5S/c1-26(2,3)37-25(34)31(4)13-16-14-32-23(36-15-16)21(12-28-32)38(27,35)30-24(33)29-22-19-9-5-7-17(19)11-18-8-6-10-20(18)22/h11-12,16H,5-10,13-15H2,1-4H3,(H3,27,29,30,33,35)/t16-,38?/m1/s1. The first-order valence-electron chi connectivity index (χ1n) is 13.1. The number of urea groups is 1. The van der Waals surface area contributed by atoms with E-state index in [9.17, 15) is 13.8 Å². The van der Waals surface area contributed by atoms with Crippen LogP contribution >= 0.6 is 0 Å². The van der Waals surface area contributed by atoms with Gasteiger partial charge in [0, 0.05) is 25.2 Å². The summed E-state index contributed by atoms with van der Waals surface area (Å²) in [6.45, 7) is 6.47. The van der Waals surface area contributed by atoms with Gasteiger partial charge in [-0.3, -0.25) is 0 Å². The summed E-state index contributed by atoms with van der Waals surface area (Å²) in [5.74, 6) is 0.121. The highest BCUT2D eigenvalue weighted by atomic mass is 32.2.